The van der Waals surface area contributed by atoms with Crippen molar-refractivity contribution in [1.29, 1.82) is 0 Å². The van der Waals surface area contributed by atoms with E-state index >= 15 is 0 Å². The summed E-state index contributed by atoms with van der Waals surface area (Å²) in [6, 6.07) is 10.1. The molecule has 3 heterocycles. The number of thiophene rings is 1. The number of amides is 1. The summed E-state index contributed by atoms with van der Waals surface area (Å²) in [5.41, 5.74) is 2.35. The van der Waals surface area contributed by atoms with Crippen molar-refractivity contribution in [2.45, 2.75) is 38.3 Å². The number of aryl methyl sites for hydroxylation is 1. The Morgan fingerprint density at radius 3 is 3.04 bits per heavy atom. The first-order valence-corrected chi connectivity index (χ1v) is 9.35. The zero-order valence-electron chi connectivity index (χ0n) is 13.5. The van der Waals surface area contributed by atoms with Crippen LogP contribution in [0.25, 0.3) is 0 Å². The third-order valence-electron chi connectivity index (χ3n) is 4.52. The van der Waals surface area contributed by atoms with E-state index in [4.69, 9.17) is 9.47 Å². The van der Waals surface area contributed by atoms with Crippen molar-refractivity contribution in [3.05, 3.63) is 51.2 Å². The number of ether oxygens (including phenoxy) is 2. The maximum atomic E-state index is 12.4. The predicted octanol–water partition coefficient (Wildman–Crippen LogP) is 3.85. The van der Waals surface area contributed by atoms with Gasteiger partial charge in [0.25, 0.3) is 5.91 Å². The molecule has 1 aromatic heterocycles. The van der Waals surface area contributed by atoms with Gasteiger partial charge in [-0.15, -0.1) is 11.3 Å². The fourth-order valence-corrected chi connectivity index (χ4v) is 4.25. The third-order valence-corrected chi connectivity index (χ3v) is 5.70. The molecule has 1 atom stereocenters. The van der Waals surface area contributed by atoms with Crippen LogP contribution >= 0.6 is 11.3 Å². The van der Waals surface area contributed by atoms with Gasteiger partial charge in [-0.2, -0.15) is 0 Å². The molecule has 2 aromatic rings. The van der Waals surface area contributed by atoms with Crippen LogP contribution in [0.3, 0.4) is 0 Å². The Morgan fingerprint density at radius 2 is 2.17 bits per heavy atom. The number of benzene rings is 1. The van der Waals surface area contributed by atoms with Gasteiger partial charge in [-0.3, -0.25) is 4.79 Å². The second-order valence-corrected chi connectivity index (χ2v) is 7.40. The number of carbonyl (C=O) groups is 1. The van der Waals surface area contributed by atoms with Gasteiger partial charge in [-0.05, 0) is 55.0 Å². The van der Waals surface area contributed by atoms with Crippen LogP contribution < -0.4 is 10.1 Å². The molecule has 1 N–H and O–H groups in total. The highest BCUT2D eigenvalue weighted by Crippen LogP contribution is 2.33. The molecule has 1 aromatic carbocycles. The molecule has 2 aliphatic heterocycles. The fourth-order valence-electron chi connectivity index (χ4n) is 3.24. The Kier molecular flexibility index (Phi) is 4.54. The zero-order valence-corrected chi connectivity index (χ0v) is 14.4. The van der Waals surface area contributed by atoms with Crippen LogP contribution in [0, 0.1) is 0 Å². The fraction of sp³-hybridized carbons (Fsp3) is 0.421. The topological polar surface area (TPSA) is 47.6 Å². The van der Waals surface area contributed by atoms with Crippen molar-refractivity contribution in [1.82, 2.24) is 5.32 Å². The van der Waals surface area contributed by atoms with Crippen molar-refractivity contribution in [2.75, 3.05) is 13.2 Å². The van der Waals surface area contributed by atoms with E-state index in [1.165, 1.54) is 16.9 Å². The van der Waals surface area contributed by atoms with Gasteiger partial charge in [0.05, 0.1) is 17.6 Å². The Morgan fingerprint density at radius 1 is 1.21 bits per heavy atom. The first kappa shape index (κ1) is 15.7. The highest BCUT2D eigenvalue weighted by Gasteiger charge is 2.21. The summed E-state index contributed by atoms with van der Waals surface area (Å²) >= 11 is 1.54. The number of hydrogen-bond acceptors (Lipinski definition) is 4. The Balaban J connectivity index is 1.38. The molecule has 0 spiro atoms. The Hall–Kier alpha value is -1.85. The Bertz CT molecular complexity index is 734. The quantitative estimate of drug-likeness (QED) is 0.917. The summed E-state index contributed by atoms with van der Waals surface area (Å²) in [4.78, 5) is 14.3. The molecule has 2 aliphatic rings. The minimum Gasteiger partial charge on any atom is -0.493 e. The summed E-state index contributed by atoms with van der Waals surface area (Å²) in [5.74, 6) is 0.967. The number of fused-ring (bicyclic) bond motifs is 1. The van der Waals surface area contributed by atoms with E-state index in [0.29, 0.717) is 6.54 Å². The predicted molar refractivity (Wildman–Crippen MR) is 93.7 cm³/mol. The van der Waals surface area contributed by atoms with E-state index in [1.807, 2.05) is 24.3 Å². The summed E-state index contributed by atoms with van der Waals surface area (Å²) in [5, 5.41) is 3.02. The largest absolute Gasteiger partial charge is 0.493 e. The molecule has 1 fully saturated rings. The number of carbonyl (C=O) groups excluding carboxylic acids is 1. The van der Waals surface area contributed by atoms with Crippen LogP contribution in [-0.2, 0) is 17.7 Å². The van der Waals surface area contributed by atoms with E-state index in [2.05, 4.69) is 11.4 Å². The molecular weight excluding hydrogens is 322 g/mol. The molecule has 5 heteroatoms. The van der Waals surface area contributed by atoms with Crippen LogP contribution in [0.1, 0.15) is 51.0 Å². The van der Waals surface area contributed by atoms with Crippen LogP contribution in [-0.4, -0.2) is 19.1 Å². The standard InChI is InChI=1S/C19H21NO3S/c21-19(18-8-7-17(24-18)16-4-2-10-23-16)20-12-13-5-6-15-14(11-13)3-1-9-22-15/h5-8,11,16H,1-4,9-10,12H2,(H,20,21). The molecule has 1 amide bonds. The molecule has 126 valence electrons. The molecule has 4 rings (SSSR count). The lowest BCUT2D eigenvalue weighted by Crippen LogP contribution is -2.22. The van der Waals surface area contributed by atoms with Gasteiger partial charge in [0, 0.05) is 18.0 Å². The summed E-state index contributed by atoms with van der Waals surface area (Å²) in [6.45, 7) is 2.17. The summed E-state index contributed by atoms with van der Waals surface area (Å²) in [6.07, 6.45) is 4.44. The van der Waals surface area contributed by atoms with Gasteiger partial charge >= 0.3 is 0 Å². The second-order valence-electron chi connectivity index (χ2n) is 6.28. The van der Waals surface area contributed by atoms with Crippen LogP contribution in [0.2, 0.25) is 0 Å². The molecule has 1 saturated heterocycles. The van der Waals surface area contributed by atoms with Gasteiger partial charge in [-0.1, -0.05) is 12.1 Å². The van der Waals surface area contributed by atoms with E-state index < -0.39 is 0 Å². The maximum Gasteiger partial charge on any atom is 0.261 e. The van der Waals surface area contributed by atoms with Crippen LogP contribution in [0.5, 0.6) is 5.75 Å². The van der Waals surface area contributed by atoms with Gasteiger partial charge < -0.3 is 14.8 Å². The van der Waals surface area contributed by atoms with Gasteiger partial charge in [0.15, 0.2) is 0 Å². The highest BCUT2D eigenvalue weighted by molar-refractivity contribution is 7.14. The number of nitrogens with one attached hydrogen (secondary N) is 1. The number of hydrogen-bond donors (Lipinski definition) is 1. The second kappa shape index (κ2) is 6.95. The average Bonchev–Trinajstić information content (AvgIpc) is 3.30. The van der Waals surface area contributed by atoms with Crippen molar-refractivity contribution < 1.29 is 14.3 Å². The van der Waals surface area contributed by atoms with E-state index in [-0.39, 0.29) is 12.0 Å². The highest BCUT2D eigenvalue weighted by atomic mass is 32.1. The molecule has 0 radical (unpaired) electrons. The van der Waals surface area contributed by atoms with Crippen molar-refractivity contribution in [3.8, 4) is 5.75 Å². The normalized spacial score (nSPS) is 19.6. The van der Waals surface area contributed by atoms with Crippen molar-refractivity contribution >= 4 is 17.2 Å². The lowest BCUT2D eigenvalue weighted by Gasteiger charge is -2.18. The van der Waals surface area contributed by atoms with E-state index in [9.17, 15) is 4.79 Å². The van der Waals surface area contributed by atoms with Gasteiger partial charge in [0.2, 0.25) is 0 Å². The lowest BCUT2D eigenvalue weighted by atomic mass is 10.0. The van der Waals surface area contributed by atoms with Crippen LogP contribution in [0.4, 0.5) is 0 Å². The Labute approximate surface area is 145 Å². The van der Waals surface area contributed by atoms with E-state index in [0.717, 1.165) is 60.0 Å². The molecule has 1 unspecified atom stereocenters. The molecular formula is C19H21NO3S. The maximum absolute atomic E-state index is 12.4. The minimum atomic E-state index is -0.0155. The third kappa shape index (κ3) is 3.32. The first-order chi connectivity index (χ1) is 11.8. The molecule has 0 saturated carbocycles. The molecule has 4 nitrogen and oxygen atoms in total. The van der Waals surface area contributed by atoms with Crippen LogP contribution in [0.15, 0.2) is 30.3 Å². The van der Waals surface area contributed by atoms with Gasteiger partial charge in [-0.25, -0.2) is 0 Å². The SMILES string of the molecule is O=C(NCc1ccc2c(c1)CCCO2)c1ccc(C2CCCO2)s1. The summed E-state index contributed by atoms with van der Waals surface area (Å²) in [7, 11) is 0. The average molecular weight is 343 g/mol. The van der Waals surface area contributed by atoms with E-state index in [1.54, 1.807) is 0 Å². The van der Waals surface area contributed by atoms with Gasteiger partial charge in [0.1, 0.15) is 5.75 Å². The monoisotopic (exact) mass is 343 g/mol. The smallest absolute Gasteiger partial charge is 0.261 e. The summed E-state index contributed by atoms with van der Waals surface area (Å²) < 4.78 is 11.3. The first-order valence-electron chi connectivity index (χ1n) is 8.54. The lowest BCUT2D eigenvalue weighted by molar-refractivity contribution is 0.0955. The van der Waals surface area contributed by atoms with Crippen molar-refractivity contribution in [3.63, 3.8) is 0 Å². The van der Waals surface area contributed by atoms with Crippen molar-refractivity contribution in [2.24, 2.45) is 0 Å². The zero-order chi connectivity index (χ0) is 16.4. The molecule has 0 bridgehead atoms. The molecule has 0 aliphatic carbocycles. The minimum absolute atomic E-state index is 0.0155. The number of rotatable bonds is 4. The molecule has 24 heavy (non-hydrogen) atoms.